The highest BCUT2D eigenvalue weighted by atomic mass is 33.1. The Morgan fingerprint density at radius 3 is 2.52 bits per heavy atom. The second kappa shape index (κ2) is 14.9. The number of nitrogens with one attached hydrogen (secondary N) is 1. The Kier molecular flexibility index (Phi) is 9.69. The number of imide groups is 1. The first-order valence-electron chi connectivity index (χ1n) is 22.5. The molecule has 1 saturated heterocycles. The highest BCUT2D eigenvalue weighted by Gasteiger charge is 2.69. The molecular formula is C48H53N3O7S2. The molecule has 12 heteroatoms. The Morgan fingerprint density at radius 2 is 1.73 bits per heavy atom. The van der Waals surface area contributed by atoms with Gasteiger partial charge in [-0.2, -0.15) is 0 Å². The smallest absolute Gasteiger partial charge is 0.340 e. The van der Waals surface area contributed by atoms with Crippen molar-refractivity contribution in [3.63, 3.8) is 0 Å². The zero-order chi connectivity index (χ0) is 40.9. The number of allylic oxidation sites excluding steroid dienone is 4. The lowest BCUT2D eigenvalue weighted by molar-refractivity contribution is -0.137. The van der Waals surface area contributed by atoms with E-state index in [0.29, 0.717) is 47.9 Å². The van der Waals surface area contributed by atoms with Crippen molar-refractivity contribution < 1.29 is 33.8 Å². The lowest BCUT2D eigenvalue weighted by atomic mass is 9.43. The molecule has 8 atom stereocenters. The number of carbonyl (C=O) groups is 4. The van der Waals surface area contributed by atoms with Gasteiger partial charge in [-0.1, -0.05) is 85.6 Å². The summed E-state index contributed by atoms with van der Waals surface area (Å²) in [5.41, 5.74) is 3.37. The lowest BCUT2D eigenvalue weighted by Crippen LogP contribution is -2.53. The maximum Gasteiger partial charge on any atom is 0.340 e. The predicted molar refractivity (Wildman–Crippen MR) is 230 cm³/mol. The minimum atomic E-state index is -0.945. The van der Waals surface area contributed by atoms with Crippen molar-refractivity contribution in [2.75, 3.05) is 11.9 Å². The van der Waals surface area contributed by atoms with E-state index in [1.54, 1.807) is 17.0 Å². The van der Waals surface area contributed by atoms with Crippen LogP contribution >= 0.6 is 21.6 Å². The van der Waals surface area contributed by atoms with Crippen molar-refractivity contribution in [2.24, 2.45) is 40.4 Å². The maximum atomic E-state index is 15.1. The van der Waals surface area contributed by atoms with Gasteiger partial charge in [-0.05, 0) is 104 Å². The Labute approximate surface area is 359 Å². The quantitative estimate of drug-likeness (QED) is 0.167. The summed E-state index contributed by atoms with van der Waals surface area (Å²) < 4.78 is 13.0. The Morgan fingerprint density at radius 1 is 0.933 bits per heavy atom. The number of pyridine rings is 1. The largest absolute Gasteiger partial charge is 0.427 e. The molecule has 0 unspecified atom stereocenters. The van der Waals surface area contributed by atoms with E-state index in [4.69, 9.17) is 14.5 Å². The third kappa shape index (κ3) is 5.96. The summed E-state index contributed by atoms with van der Waals surface area (Å²) in [5, 5.41) is 15.5. The fourth-order valence-corrected chi connectivity index (χ4v) is 16.0. The number of amides is 2. The molecule has 1 aromatic rings. The molecule has 0 radical (unpaired) electrons. The van der Waals surface area contributed by atoms with Crippen LogP contribution in [0.25, 0.3) is 6.08 Å². The molecular weight excluding hydrogens is 795 g/mol. The van der Waals surface area contributed by atoms with Gasteiger partial charge >= 0.3 is 11.9 Å². The van der Waals surface area contributed by atoms with Crippen LogP contribution < -0.4 is 5.32 Å². The molecule has 1 spiro atoms. The number of hydrogen-bond donors (Lipinski definition) is 2. The Bertz CT molecular complexity index is 2240. The van der Waals surface area contributed by atoms with Gasteiger partial charge in [0.25, 0.3) is 11.8 Å². The van der Waals surface area contributed by atoms with Crippen molar-refractivity contribution in [3.05, 3.63) is 87.6 Å². The van der Waals surface area contributed by atoms with Crippen molar-refractivity contribution >= 4 is 57.2 Å². The van der Waals surface area contributed by atoms with E-state index >= 15 is 4.79 Å². The van der Waals surface area contributed by atoms with Crippen LogP contribution in [0.2, 0.25) is 0 Å². The number of carbonyl (C=O) groups excluding carboxylic acids is 4. The number of cyclic esters (lactones) is 1. The molecule has 3 saturated carbocycles. The van der Waals surface area contributed by atoms with Gasteiger partial charge in [-0.3, -0.25) is 14.5 Å². The van der Waals surface area contributed by atoms with Crippen LogP contribution in [0.1, 0.15) is 120 Å². The summed E-state index contributed by atoms with van der Waals surface area (Å²) in [6, 6.07) is 1.97. The zero-order valence-electron chi connectivity index (χ0n) is 34.2. The fraction of sp³-hybridized carbons (Fsp3) is 0.562. The minimum Gasteiger partial charge on any atom is -0.427 e. The van der Waals surface area contributed by atoms with Gasteiger partial charge in [0.15, 0.2) is 0 Å². The molecule has 1 aromatic heterocycles. The standard InChI is InChI=1S/C48H53N3O7S2/c1-2-47(20-6-7-21-47)24-34-32-11-10-30-29-18-22-48(41(30)40(32)44(54)57-34)35-14-12-27(26-8-4-3-5-9-26)46(56)60-59-36-15-13-31-28(19-23-49-43(31)50-36)33(39(29)42(48)45(55)58-35)25-51-37(52)16-17-38(51)53/h13-17,19,23-24,26-27,29-30,33,36,41,46,56H,2-12,18,20-22,25H2,1H3,(H,49,50)/b34-24-,35-14+/t27-,29-,30-,33-,36+,41+,46+,48-/m0/s1. The summed E-state index contributed by atoms with van der Waals surface area (Å²) in [4.78, 5) is 62.5. The van der Waals surface area contributed by atoms with Crippen LogP contribution in [0, 0.1) is 40.4 Å². The van der Waals surface area contributed by atoms with Gasteiger partial charge in [-0.15, -0.1) is 0 Å². The molecule has 9 bridgehead atoms. The van der Waals surface area contributed by atoms with Crippen molar-refractivity contribution in [2.45, 2.75) is 120 Å². The van der Waals surface area contributed by atoms with Gasteiger partial charge in [0, 0.05) is 59.4 Å². The van der Waals surface area contributed by atoms with E-state index in [-0.39, 0.29) is 58.8 Å². The molecule has 314 valence electrons. The number of ether oxygens (including phenoxy) is 2. The van der Waals surface area contributed by atoms with Crippen LogP contribution in [0.15, 0.2) is 76.5 Å². The topological polar surface area (TPSA) is 135 Å². The molecule has 7 heterocycles. The lowest BCUT2D eigenvalue weighted by Gasteiger charge is -2.57. The molecule has 10 nitrogen and oxygen atoms in total. The van der Waals surface area contributed by atoms with Crippen LogP contribution in [-0.4, -0.2) is 56.1 Å². The molecule has 12 aliphatic rings. The van der Waals surface area contributed by atoms with Gasteiger partial charge in [0.1, 0.15) is 28.1 Å². The van der Waals surface area contributed by atoms with E-state index in [1.165, 1.54) is 47.1 Å². The number of aliphatic hydroxyl groups excluding tert-OH is 1. The van der Waals surface area contributed by atoms with Crippen LogP contribution in [0.4, 0.5) is 5.82 Å². The molecule has 2 amide bonds. The van der Waals surface area contributed by atoms with Gasteiger partial charge in [0.05, 0.1) is 11.0 Å². The summed E-state index contributed by atoms with van der Waals surface area (Å²) >= 11 is 0. The van der Waals surface area contributed by atoms with Crippen LogP contribution in [0.5, 0.6) is 0 Å². The molecule has 4 fully saturated rings. The first-order chi connectivity index (χ1) is 29.2. The summed E-state index contributed by atoms with van der Waals surface area (Å²) in [5.74, 6) is -0.143. The van der Waals surface area contributed by atoms with E-state index in [1.807, 2.05) is 6.07 Å². The summed E-state index contributed by atoms with van der Waals surface area (Å²) in [7, 11) is 3.06. The number of fused-ring (bicyclic) bond motifs is 6. The molecule has 6 aliphatic heterocycles. The second-order valence-corrected chi connectivity index (χ2v) is 21.5. The van der Waals surface area contributed by atoms with Crippen molar-refractivity contribution in [1.82, 2.24) is 9.88 Å². The van der Waals surface area contributed by atoms with Crippen molar-refractivity contribution in [1.29, 1.82) is 0 Å². The highest BCUT2D eigenvalue weighted by Crippen LogP contribution is 2.72. The normalized spacial score (nSPS) is 37.1. The first kappa shape index (κ1) is 39.0. The van der Waals surface area contributed by atoms with Crippen LogP contribution in [0.3, 0.4) is 0 Å². The number of esters is 2. The van der Waals surface area contributed by atoms with E-state index < -0.39 is 22.7 Å². The monoisotopic (exact) mass is 847 g/mol. The number of aromatic nitrogens is 1. The summed E-state index contributed by atoms with van der Waals surface area (Å²) in [6.07, 6.45) is 27.5. The van der Waals surface area contributed by atoms with E-state index in [2.05, 4.69) is 36.5 Å². The average Bonchev–Trinajstić information content (AvgIpc) is 4.03. The molecule has 60 heavy (non-hydrogen) atoms. The SMILES string of the molecule is CCC1(/C=C2\OC(=O)C3=C2CC[C@H]2[C@@H]4CC[C@@]5(C6=C4[C@@H](CN4C(=O)C=CC4=O)c4ccnc7c4C=C[C@H](N7)SS[C@@H](O)[C@H](C4CCCCC4)C/C=C\5OC6=O)[C@@H]32)CCCC1. The molecule has 6 aliphatic carbocycles. The molecule has 13 rings (SSSR count). The predicted octanol–water partition coefficient (Wildman–Crippen LogP) is 9.04. The highest BCUT2D eigenvalue weighted by molar-refractivity contribution is 8.77. The Hall–Kier alpha value is -3.87. The second-order valence-electron chi connectivity index (χ2n) is 18.9. The average molecular weight is 848 g/mol. The third-order valence-corrected chi connectivity index (χ3v) is 19.0. The number of aliphatic hydroxyl groups is 1. The fourth-order valence-electron chi connectivity index (χ4n) is 13.5. The van der Waals surface area contributed by atoms with E-state index in [0.717, 1.165) is 85.8 Å². The summed E-state index contributed by atoms with van der Waals surface area (Å²) in [6.45, 7) is 2.30. The molecule has 2 N–H and O–H groups in total. The third-order valence-electron chi connectivity index (χ3n) is 16.3. The number of hydrogen-bond acceptors (Lipinski definition) is 11. The van der Waals surface area contributed by atoms with Gasteiger partial charge in [-0.25, -0.2) is 14.6 Å². The zero-order valence-corrected chi connectivity index (χ0v) is 35.8. The molecule has 0 aromatic carbocycles. The first-order valence-corrected chi connectivity index (χ1v) is 24.8. The van der Waals surface area contributed by atoms with Crippen molar-refractivity contribution in [3.8, 4) is 0 Å². The maximum absolute atomic E-state index is 15.1. The van der Waals surface area contributed by atoms with E-state index in [9.17, 15) is 19.5 Å². The van der Waals surface area contributed by atoms with Gasteiger partial charge in [0.2, 0.25) is 0 Å². The number of anilines is 1. The van der Waals surface area contributed by atoms with Crippen LogP contribution in [-0.2, 0) is 28.7 Å². The Balaban J connectivity index is 1.14. The number of rotatable bonds is 5. The minimum absolute atomic E-state index is 0.000413. The number of nitrogens with zero attached hydrogens (tertiary/aromatic N) is 2. The van der Waals surface area contributed by atoms with Gasteiger partial charge < -0.3 is 19.9 Å².